The average molecular weight is 323 g/mol. The highest BCUT2D eigenvalue weighted by Crippen LogP contribution is 2.35. The van der Waals surface area contributed by atoms with E-state index < -0.39 is 0 Å². The topological polar surface area (TPSA) is 49.7 Å². The molecule has 4 rings (SSSR count). The highest BCUT2D eigenvalue weighted by molar-refractivity contribution is 5.99. The molecule has 0 atom stereocenters. The summed E-state index contributed by atoms with van der Waals surface area (Å²) in [5, 5.41) is 0.980. The second-order valence-electron chi connectivity index (χ2n) is 5.65. The minimum Gasteiger partial charge on any atom is -0.492 e. The molecule has 0 unspecified atom stereocenters. The molecule has 5 heteroatoms. The molecule has 0 radical (unpaired) electrons. The number of hydrogen-bond donors (Lipinski definition) is 0. The molecule has 2 aromatic carbocycles. The number of nitrogens with zero attached hydrogens (tertiary/aromatic N) is 1. The lowest BCUT2D eigenvalue weighted by Gasteiger charge is -2.10. The van der Waals surface area contributed by atoms with Gasteiger partial charge in [0.15, 0.2) is 17.8 Å². The van der Waals surface area contributed by atoms with Gasteiger partial charge in [-0.25, -0.2) is 0 Å². The van der Waals surface area contributed by atoms with Gasteiger partial charge in [-0.1, -0.05) is 18.2 Å². The van der Waals surface area contributed by atoms with Crippen molar-refractivity contribution in [1.82, 2.24) is 4.57 Å². The van der Waals surface area contributed by atoms with Gasteiger partial charge in [-0.15, -0.1) is 0 Å². The molecule has 0 saturated heterocycles. The Morgan fingerprint density at radius 2 is 2.00 bits per heavy atom. The van der Waals surface area contributed by atoms with E-state index in [1.165, 1.54) is 0 Å². The lowest BCUT2D eigenvalue weighted by atomic mass is 10.1. The summed E-state index contributed by atoms with van der Waals surface area (Å²) in [5.74, 6) is 2.19. The minimum absolute atomic E-state index is 0.252. The predicted molar refractivity (Wildman–Crippen MR) is 90.1 cm³/mol. The van der Waals surface area contributed by atoms with Crippen LogP contribution in [0.1, 0.15) is 16.1 Å². The second kappa shape index (κ2) is 5.92. The number of aromatic nitrogens is 1. The van der Waals surface area contributed by atoms with Crippen molar-refractivity contribution in [2.45, 2.75) is 13.5 Å². The van der Waals surface area contributed by atoms with Crippen molar-refractivity contribution in [3.63, 3.8) is 0 Å². The van der Waals surface area contributed by atoms with E-state index in [1.54, 1.807) is 0 Å². The van der Waals surface area contributed by atoms with E-state index in [4.69, 9.17) is 14.2 Å². The fourth-order valence-corrected chi connectivity index (χ4v) is 3.12. The van der Waals surface area contributed by atoms with E-state index in [9.17, 15) is 4.79 Å². The van der Waals surface area contributed by atoms with Crippen molar-refractivity contribution in [2.75, 3.05) is 13.4 Å². The molecule has 0 bridgehead atoms. The summed E-state index contributed by atoms with van der Waals surface area (Å²) >= 11 is 0. The van der Waals surface area contributed by atoms with E-state index in [0.717, 1.165) is 39.9 Å². The van der Waals surface area contributed by atoms with Gasteiger partial charge in [-0.2, -0.15) is 0 Å². The molecular weight excluding hydrogens is 306 g/mol. The first kappa shape index (κ1) is 14.6. The number of para-hydroxylation sites is 1. The number of carbonyl (C=O) groups excluding carboxylic acids is 1. The molecule has 2 heterocycles. The summed E-state index contributed by atoms with van der Waals surface area (Å²) in [6, 6.07) is 13.5. The molecule has 5 nitrogen and oxygen atoms in total. The van der Waals surface area contributed by atoms with E-state index in [2.05, 4.69) is 4.57 Å². The van der Waals surface area contributed by atoms with Gasteiger partial charge < -0.3 is 18.8 Å². The summed E-state index contributed by atoms with van der Waals surface area (Å²) in [4.78, 5) is 11.4. The molecule has 0 fully saturated rings. The molecule has 0 spiro atoms. The number of fused-ring (bicyclic) bond motifs is 2. The maximum Gasteiger partial charge on any atom is 0.231 e. The maximum atomic E-state index is 11.4. The normalized spacial score (nSPS) is 12.5. The first-order valence-corrected chi connectivity index (χ1v) is 7.83. The Labute approximate surface area is 139 Å². The molecule has 122 valence electrons. The fourth-order valence-electron chi connectivity index (χ4n) is 3.12. The van der Waals surface area contributed by atoms with E-state index >= 15 is 0 Å². The molecular formula is C19H17NO4. The van der Waals surface area contributed by atoms with Crippen LogP contribution >= 0.6 is 0 Å². The number of aldehydes is 1. The fraction of sp³-hybridized carbons (Fsp3) is 0.211. The number of carbonyl (C=O) groups is 1. The quantitative estimate of drug-likeness (QED) is 0.674. The summed E-state index contributed by atoms with van der Waals surface area (Å²) < 4.78 is 18.6. The van der Waals surface area contributed by atoms with Crippen LogP contribution in [-0.2, 0) is 6.54 Å². The molecule has 0 N–H and O–H groups in total. The molecule has 0 amide bonds. The molecule has 24 heavy (non-hydrogen) atoms. The van der Waals surface area contributed by atoms with Crippen LogP contribution in [-0.4, -0.2) is 24.3 Å². The highest BCUT2D eigenvalue weighted by atomic mass is 16.7. The van der Waals surface area contributed by atoms with Gasteiger partial charge in [0.2, 0.25) is 6.79 Å². The third-order valence-corrected chi connectivity index (χ3v) is 4.33. The molecule has 3 aromatic rings. The zero-order chi connectivity index (χ0) is 16.5. The number of hydrogen-bond acceptors (Lipinski definition) is 4. The van der Waals surface area contributed by atoms with Crippen LogP contribution in [0.5, 0.6) is 17.2 Å². The second-order valence-corrected chi connectivity index (χ2v) is 5.65. The van der Waals surface area contributed by atoms with E-state index in [-0.39, 0.29) is 6.79 Å². The maximum absolute atomic E-state index is 11.4. The third kappa shape index (κ3) is 2.38. The molecule has 1 aromatic heterocycles. The minimum atomic E-state index is 0.252. The Bertz CT molecular complexity index is 913. The van der Waals surface area contributed by atoms with Gasteiger partial charge >= 0.3 is 0 Å². The van der Waals surface area contributed by atoms with Gasteiger partial charge in [-0.05, 0) is 25.1 Å². The van der Waals surface area contributed by atoms with E-state index in [1.807, 2.05) is 49.4 Å². The Balaban J connectivity index is 1.53. The largest absolute Gasteiger partial charge is 0.492 e. The summed E-state index contributed by atoms with van der Waals surface area (Å²) in [6.07, 6.45) is 0.923. The molecule has 1 aliphatic rings. The van der Waals surface area contributed by atoms with Gasteiger partial charge in [0.05, 0.1) is 6.54 Å². The molecule has 1 aliphatic heterocycles. The smallest absolute Gasteiger partial charge is 0.231 e. The van der Waals surface area contributed by atoms with Crippen LogP contribution in [0, 0.1) is 6.92 Å². The van der Waals surface area contributed by atoms with Crippen LogP contribution in [0.15, 0.2) is 42.5 Å². The zero-order valence-corrected chi connectivity index (χ0v) is 13.3. The van der Waals surface area contributed by atoms with Crippen molar-refractivity contribution in [1.29, 1.82) is 0 Å². The van der Waals surface area contributed by atoms with Crippen LogP contribution in [0.25, 0.3) is 10.9 Å². The average Bonchev–Trinajstić information content (AvgIpc) is 3.17. The molecule has 0 saturated carbocycles. The van der Waals surface area contributed by atoms with Crippen LogP contribution < -0.4 is 14.2 Å². The number of benzene rings is 2. The number of rotatable bonds is 5. The van der Waals surface area contributed by atoms with Gasteiger partial charge in [0.25, 0.3) is 0 Å². The monoisotopic (exact) mass is 323 g/mol. The lowest BCUT2D eigenvalue weighted by Crippen LogP contribution is -2.09. The first-order valence-electron chi connectivity index (χ1n) is 7.83. The van der Waals surface area contributed by atoms with Gasteiger partial charge in [-0.3, -0.25) is 4.79 Å². The first-order chi connectivity index (χ1) is 11.8. The van der Waals surface area contributed by atoms with Crippen molar-refractivity contribution in [3.05, 3.63) is 53.7 Å². The van der Waals surface area contributed by atoms with Crippen LogP contribution in [0.2, 0.25) is 0 Å². The molecule has 0 aliphatic carbocycles. The summed E-state index contributed by atoms with van der Waals surface area (Å²) in [6.45, 7) is 3.37. The Kier molecular flexibility index (Phi) is 3.61. The number of ether oxygens (including phenoxy) is 3. The third-order valence-electron chi connectivity index (χ3n) is 4.33. The van der Waals surface area contributed by atoms with Crippen LogP contribution in [0.3, 0.4) is 0 Å². The Morgan fingerprint density at radius 3 is 2.88 bits per heavy atom. The SMILES string of the molecule is Cc1c(C=O)c2ccccc2n1CCOc1ccc2c(c1)OCO2. The van der Waals surface area contributed by atoms with Crippen molar-refractivity contribution < 1.29 is 19.0 Å². The summed E-state index contributed by atoms with van der Waals surface area (Å²) in [5.41, 5.74) is 2.75. The van der Waals surface area contributed by atoms with Crippen molar-refractivity contribution >= 4 is 17.2 Å². The zero-order valence-electron chi connectivity index (χ0n) is 13.3. The Morgan fingerprint density at radius 1 is 1.17 bits per heavy atom. The Hall–Kier alpha value is -2.95. The van der Waals surface area contributed by atoms with Crippen molar-refractivity contribution in [2.24, 2.45) is 0 Å². The standard InChI is InChI=1S/C19H17NO4/c1-13-16(11-21)15-4-2-3-5-17(15)20(13)8-9-22-14-6-7-18-19(10-14)24-12-23-18/h2-7,10-11H,8-9,12H2,1H3. The van der Waals surface area contributed by atoms with Gasteiger partial charge in [0, 0.05) is 28.2 Å². The van der Waals surface area contributed by atoms with Crippen LogP contribution in [0.4, 0.5) is 0 Å². The van der Waals surface area contributed by atoms with E-state index in [0.29, 0.717) is 18.9 Å². The predicted octanol–water partition coefficient (Wildman–Crippen LogP) is 3.57. The van der Waals surface area contributed by atoms with Crippen molar-refractivity contribution in [3.8, 4) is 17.2 Å². The highest BCUT2D eigenvalue weighted by Gasteiger charge is 2.15. The van der Waals surface area contributed by atoms with Gasteiger partial charge in [0.1, 0.15) is 12.4 Å². The lowest BCUT2D eigenvalue weighted by molar-refractivity contribution is 0.112. The summed E-state index contributed by atoms with van der Waals surface area (Å²) in [7, 11) is 0.